The Morgan fingerprint density at radius 1 is 1.13 bits per heavy atom. The lowest BCUT2D eigenvalue weighted by atomic mass is 9.95. The molecule has 1 aromatic carbocycles. The van der Waals surface area contributed by atoms with Crippen LogP contribution in [0.2, 0.25) is 0 Å². The van der Waals surface area contributed by atoms with Gasteiger partial charge in [0, 0.05) is 0 Å². The van der Waals surface area contributed by atoms with Gasteiger partial charge in [0.05, 0.1) is 23.6 Å². The van der Waals surface area contributed by atoms with Gasteiger partial charge in [0.1, 0.15) is 11.3 Å². The van der Waals surface area contributed by atoms with Crippen molar-refractivity contribution in [3.8, 4) is 11.5 Å². The van der Waals surface area contributed by atoms with Crippen LogP contribution in [0.5, 0.6) is 0 Å². The molecule has 1 unspecified atom stereocenters. The van der Waals surface area contributed by atoms with E-state index in [1.54, 1.807) is 12.1 Å². The third-order valence-electron chi connectivity index (χ3n) is 4.57. The number of halogens is 3. The second-order valence-corrected chi connectivity index (χ2v) is 7.37. The highest BCUT2D eigenvalue weighted by molar-refractivity contribution is 5.94. The summed E-state index contributed by atoms with van der Waals surface area (Å²) in [5.74, 6) is -0.115. The number of hydrogen-bond acceptors (Lipinski definition) is 3. The number of carbonyl (C=O) groups is 1. The zero-order valence-corrected chi connectivity index (χ0v) is 16.4. The number of benzene rings is 1. The monoisotopic (exact) mass is 418 g/mol. The number of aromatic nitrogens is 1. The Morgan fingerprint density at radius 3 is 2.50 bits per heavy atom. The Bertz CT molecular complexity index is 1070. The smallest absolute Gasteiger partial charge is 0.416 e. The van der Waals surface area contributed by atoms with Crippen LogP contribution < -0.4 is 10.9 Å². The van der Waals surface area contributed by atoms with Gasteiger partial charge in [0.25, 0.3) is 11.5 Å². The van der Waals surface area contributed by atoms with Crippen molar-refractivity contribution < 1.29 is 22.4 Å². The van der Waals surface area contributed by atoms with E-state index in [0.29, 0.717) is 23.4 Å². The SMILES string of the molecule is CC(C)CC(NC(=O)c1ccc(-c2ccco2)[nH]c1=O)c1cccc(C(F)(F)F)c1. The third kappa shape index (κ3) is 5.00. The van der Waals surface area contributed by atoms with Crippen molar-refractivity contribution in [3.63, 3.8) is 0 Å². The number of nitrogens with one attached hydrogen (secondary N) is 2. The highest BCUT2D eigenvalue weighted by atomic mass is 19.4. The van der Waals surface area contributed by atoms with Crippen LogP contribution in [0.25, 0.3) is 11.5 Å². The second-order valence-electron chi connectivity index (χ2n) is 7.37. The molecule has 2 aromatic heterocycles. The first kappa shape index (κ1) is 21.4. The lowest BCUT2D eigenvalue weighted by Crippen LogP contribution is -2.33. The molecule has 0 radical (unpaired) electrons. The van der Waals surface area contributed by atoms with Crippen molar-refractivity contribution in [3.05, 3.63) is 81.8 Å². The molecule has 30 heavy (non-hydrogen) atoms. The zero-order valence-electron chi connectivity index (χ0n) is 16.4. The quantitative estimate of drug-likeness (QED) is 0.580. The van der Waals surface area contributed by atoms with Crippen molar-refractivity contribution in [1.29, 1.82) is 0 Å². The van der Waals surface area contributed by atoms with E-state index in [2.05, 4.69) is 10.3 Å². The van der Waals surface area contributed by atoms with Crippen LogP contribution in [0.15, 0.2) is 64.0 Å². The number of alkyl halides is 3. The first-order valence-electron chi connectivity index (χ1n) is 9.40. The van der Waals surface area contributed by atoms with Gasteiger partial charge in [0.15, 0.2) is 0 Å². The number of hydrogen-bond donors (Lipinski definition) is 2. The molecule has 0 aliphatic rings. The van der Waals surface area contributed by atoms with Crippen molar-refractivity contribution in [2.75, 3.05) is 0 Å². The van der Waals surface area contributed by atoms with E-state index in [4.69, 9.17) is 4.42 Å². The molecule has 0 saturated heterocycles. The summed E-state index contributed by atoms with van der Waals surface area (Å²) >= 11 is 0. The summed E-state index contributed by atoms with van der Waals surface area (Å²) in [5.41, 5.74) is -0.794. The fraction of sp³-hybridized carbons (Fsp3) is 0.273. The van der Waals surface area contributed by atoms with Gasteiger partial charge in [-0.15, -0.1) is 0 Å². The molecular weight excluding hydrogens is 397 g/mol. The van der Waals surface area contributed by atoms with E-state index in [-0.39, 0.29) is 11.5 Å². The Hall–Kier alpha value is -3.29. The zero-order chi connectivity index (χ0) is 21.9. The molecule has 2 N–H and O–H groups in total. The van der Waals surface area contributed by atoms with E-state index in [1.807, 2.05) is 13.8 Å². The molecule has 0 fully saturated rings. The Morgan fingerprint density at radius 2 is 1.90 bits per heavy atom. The van der Waals surface area contributed by atoms with Crippen LogP contribution >= 0.6 is 0 Å². The predicted molar refractivity (Wildman–Crippen MR) is 106 cm³/mol. The molecule has 2 heterocycles. The standard InChI is InChI=1S/C22H21F3N2O3/c1-13(2)11-18(14-5-3-6-15(12-14)22(23,24)25)27-21(29)16-8-9-17(26-20(16)28)19-7-4-10-30-19/h3-10,12-13,18H,11H2,1-2H3,(H,26,28)(H,27,29). The molecule has 3 rings (SSSR count). The van der Waals surface area contributed by atoms with Crippen molar-refractivity contribution >= 4 is 5.91 Å². The van der Waals surface area contributed by atoms with Gasteiger partial charge in [0.2, 0.25) is 0 Å². The van der Waals surface area contributed by atoms with Crippen LogP contribution in [0.1, 0.15) is 47.8 Å². The fourth-order valence-electron chi connectivity index (χ4n) is 3.15. The summed E-state index contributed by atoms with van der Waals surface area (Å²) in [6.07, 6.45) is -2.61. The fourth-order valence-corrected chi connectivity index (χ4v) is 3.15. The van der Waals surface area contributed by atoms with Gasteiger partial charge >= 0.3 is 6.18 Å². The van der Waals surface area contributed by atoms with Crippen molar-refractivity contribution in [1.82, 2.24) is 10.3 Å². The normalized spacial score (nSPS) is 12.7. The first-order valence-corrected chi connectivity index (χ1v) is 9.40. The molecule has 8 heteroatoms. The minimum Gasteiger partial charge on any atom is -0.463 e. The highest BCUT2D eigenvalue weighted by Gasteiger charge is 2.31. The summed E-state index contributed by atoms with van der Waals surface area (Å²) in [6, 6.07) is 10.4. The van der Waals surface area contributed by atoms with Crippen LogP contribution in [-0.2, 0) is 6.18 Å². The van der Waals surface area contributed by atoms with Gasteiger partial charge in [-0.05, 0) is 54.3 Å². The molecule has 0 spiro atoms. The lowest BCUT2D eigenvalue weighted by molar-refractivity contribution is -0.137. The molecule has 0 aliphatic carbocycles. The summed E-state index contributed by atoms with van der Waals surface area (Å²) in [6.45, 7) is 3.80. The topological polar surface area (TPSA) is 75.1 Å². The van der Waals surface area contributed by atoms with Gasteiger partial charge in [-0.25, -0.2) is 0 Å². The number of pyridine rings is 1. The Balaban J connectivity index is 1.87. The van der Waals surface area contributed by atoms with E-state index < -0.39 is 29.2 Å². The van der Waals surface area contributed by atoms with Gasteiger partial charge < -0.3 is 14.7 Å². The minimum absolute atomic E-state index is 0.101. The maximum absolute atomic E-state index is 13.1. The number of rotatable bonds is 6. The van der Waals surface area contributed by atoms with E-state index in [1.165, 1.54) is 30.5 Å². The van der Waals surface area contributed by atoms with E-state index >= 15 is 0 Å². The summed E-state index contributed by atoms with van der Waals surface area (Å²) in [7, 11) is 0. The summed E-state index contributed by atoms with van der Waals surface area (Å²) in [4.78, 5) is 27.7. The van der Waals surface area contributed by atoms with Crippen LogP contribution in [0.3, 0.4) is 0 Å². The average Bonchev–Trinajstić information content (AvgIpc) is 3.21. The van der Waals surface area contributed by atoms with Crippen LogP contribution in [-0.4, -0.2) is 10.9 Å². The number of carbonyl (C=O) groups excluding carboxylic acids is 1. The van der Waals surface area contributed by atoms with Crippen molar-refractivity contribution in [2.45, 2.75) is 32.5 Å². The van der Waals surface area contributed by atoms with Crippen LogP contribution in [0, 0.1) is 5.92 Å². The summed E-state index contributed by atoms with van der Waals surface area (Å²) in [5, 5.41) is 2.70. The lowest BCUT2D eigenvalue weighted by Gasteiger charge is -2.22. The molecule has 0 bridgehead atoms. The number of aromatic amines is 1. The minimum atomic E-state index is -4.48. The van der Waals surface area contributed by atoms with Crippen LogP contribution in [0.4, 0.5) is 13.2 Å². The molecule has 0 saturated carbocycles. The van der Waals surface area contributed by atoms with Gasteiger partial charge in [-0.2, -0.15) is 13.2 Å². The largest absolute Gasteiger partial charge is 0.463 e. The van der Waals surface area contributed by atoms with Gasteiger partial charge in [-0.1, -0.05) is 26.0 Å². The molecule has 1 amide bonds. The molecule has 158 valence electrons. The third-order valence-corrected chi connectivity index (χ3v) is 4.57. The second kappa shape index (κ2) is 8.61. The Kier molecular flexibility index (Phi) is 6.14. The molecule has 5 nitrogen and oxygen atoms in total. The number of amides is 1. The number of furan rings is 1. The van der Waals surface area contributed by atoms with Gasteiger partial charge in [-0.3, -0.25) is 9.59 Å². The predicted octanol–water partition coefficient (Wildman–Crippen LogP) is 5.17. The molecule has 3 aromatic rings. The van der Waals surface area contributed by atoms with E-state index in [9.17, 15) is 22.8 Å². The average molecular weight is 418 g/mol. The molecule has 0 aliphatic heterocycles. The molecule has 1 atom stereocenters. The number of H-pyrrole nitrogens is 1. The first-order chi connectivity index (χ1) is 14.1. The highest BCUT2D eigenvalue weighted by Crippen LogP contribution is 2.32. The summed E-state index contributed by atoms with van der Waals surface area (Å²) < 4.78 is 44.5. The maximum atomic E-state index is 13.1. The Labute approximate surface area is 170 Å². The van der Waals surface area contributed by atoms with Crippen molar-refractivity contribution in [2.24, 2.45) is 5.92 Å². The maximum Gasteiger partial charge on any atom is 0.416 e. The van der Waals surface area contributed by atoms with E-state index in [0.717, 1.165) is 12.1 Å². The molecular formula is C22H21F3N2O3.